The zero-order valence-corrected chi connectivity index (χ0v) is 15.2. The lowest BCUT2D eigenvalue weighted by atomic mass is 9.79. The molecular formula is C20H24N2O4. The summed E-state index contributed by atoms with van der Waals surface area (Å²) in [5, 5.41) is 0. The van der Waals surface area contributed by atoms with Crippen molar-refractivity contribution in [1.82, 2.24) is 9.88 Å². The highest BCUT2D eigenvalue weighted by Gasteiger charge is 2.43. The minimum atomic E-state index is -0.150. The second kappa shape index (κ2) is 6.68. The van der Waals surface area contributed by atoms with Crippen LogP contribution >= 0.6 is 0 Å². The highest BCUT2D eigenvalue weighted by Crippen LogP contribution is 2.41. The fraction of sp³-hybridized carbons (Fsp3) is 0.450. The fourth-order valence-electron chi connectivity index (χ4n) is 3.84. The molecule has 0 saturated heterocycles. The Morgan fingerprint density at radius 1 is 1.19 bits per heavy atom. The van der Waals surface area contributed by atoms with Crippen LogP contribution in [0.15, 0.2) is 35.1 Å². The molecule has 138 valence electrons. The maximum atomic E-state index is 11.8. The van der Waals surface area contributed by atoms with Crippen LogP contribution in [0.3, 0.4) is 0 Å². The summed E-state index contributed by atoms with van der Waals surface area (Å²) in [4.78, 5) is 17.0. The first kappa shape index (κ1) is 17.0. The predicted molar refractivity (Wildman–Crippen MR) is 97.9 cm³/mol. The maximum Gasteiger partial charge on any atom is 0.248 e. The van der Waals surface area contributed by atoms with Gasteiger partial charge in [0.2, 0.25) is 5.56 Å². The Labute approximate surface area is 152 Å². The summed E-state index contributed by atoms with van der Waals surface area (Å²) < 4.78 is 17.2. The van der Waals surface area contributed by atoms with E-state index in [2.05, 4.69) is 9.88 Å². The second-order valence-corrected chi connectivity index (χ2v) is 7.13. The molecule has 0 atom stereocenters. The average Bonchev–Trinajstić information content (AvgIpc) is 2.78. The normalized spacial score (nSPS) is 18.4. The number of aromatic amines is 1. The number of methoxy groups -OCH3 is 2. The number of H-pyrrole nitrogens is 1. The third-order valence-electron chi connectivity index (χ3n) is 5.33. The van der Waals surface area contributed by atoms with Crippen molar-refractivity contribution in [2.45, 2.75) is 38.0 Å². The lowest BCUT2D eigenvalue weighted by molar-refractivity contribution is -0.0303. The summed E-state index contributed by atoms with van der Waals surface area (Å²) in [6.07, 6.45) is 3.27. The van der Waals surface area contributed by atoms with E-state index in [4.69, 9.17) is 14.2 Å². The summed E-state index contributed by atoms with van der Waals surface area (Å²) in [7, 11) is 3.32. The summed E-state index contributed by atoms with van der Waals surface area (Å²) in [5.74, 6) is 2.38. The number of pyridine rings is 1. The van der Waals surface area contributed by atoms with Crippen LogP contribution in [0.25, 0.3) is 0 Å². The smallest absolute Gasteiger partial charge is 0.248 e. The van der Waals surface area contributed by atoms with Crippen LogP contribution in [0.5, 0.6) is 17.2 Å². The number of benzene rings is 1. The van der Waals surface area contributed by atoms with Gasteiger partial charge in [-0.05, 0) is 31.4 Å². The second-order valence-electron chi connectivity index (χ2n) is 7.13. The number of hydrogen-bond acceptors (Lipinski definition) is 5. The Morgan fingerprint density at radius 3 is 2.73 bits per heavy atom. The molecule has 6 nitrogen and oxygen atoms in total. The molecule has 1 spiro atoms. The molecule has 2 aliphatic rings. The molecule has 26 heavy (non-hydrogen) atoms. The molecule has 2 heterocycles. The number of nitrogens with zero attached hydrogens (tertiary/aromatic N) is 1. The van der Waals surface area contributed by atoms with Gasteiger partial charge in [-0.3, -0.25) is 9.69 Å². The number of hydrogen-bond donors (Lipinski definition) is 1. The topological polar surface area (TPSA) is 63.8 Å². The SMILES string of the molecule is COc1ccc(CN2Cc3[nH]c(=O)ccc3OC3(CCC3)C2)c(OC)c1. The van der Waals surface area contributed by atoms with Gasteiger partial charge in [-0.1, -0.05) is 6.07 Å². The molecule has 1 N–H and O–H groups in total. The predicted octanol–water partition coefficient (Wildman–Crippen LogP) is 2.71. The number of rotatable bonds is 4. The third kappa shape index (κ3) is 3.17. The molecule has 0 unspecified atom stereocenters. The quantitative estimate of drug-likeness (QED) is 0.913. The molecule has 1 saturated carbocycles. The van der Waals surface area contributed by atoms with Crippen molar-refractivity contribution in [1.29, 1.82) is 0 Å². The molecule has 6 heteroatoms. The van der Waals surface area contributed by atoms with Crippen molar-refractivity contribution in [2.75, 3.05) is 20.8 Å². The summed E-state index contributed by atoms with van der Waals surface area (Å²) in [6, 6.07) is 9.21. The molecule has 1 fully saturated rings. The van der Waals surface area contributed by atoms with E-state index < -0.39 is 0 Å². The van der Waals surface area contributed by atoms with Gasteiger partial charge in [0.05, 0.1) is 19.9 Å². The monoisotopic (exact) mass is 356 g/mol. The minimum absolute atomic E-state index is 0.0983. The molecule has 2 aromatic rings. The summed E-state index contributed by atoms with van der Waals surface area (Å²) >= 11 is 0. The molecule has 1 aromatic heterocycles. The lowest BCUT2D eigenvalue weighted by Gasteiger charge is -2.43. The third-order valence-corrected chi connectivity index (χ3v) is 5.33. The van der Waals surface area contributed by atoms with Crippen LogP contribution in [0, 0.1) is 0 Å². The van der Waals surface area contributed by atoms with Crippen molar-refractivity contribution in [3.63, 3.8) is 0 Å². The number of fused-ring (bicyclic) bond motifs is 1. The van der Waals surface area contributed by atoms with E-state index in [1.807, 2.05) is 18.2 Å². The van der Waals surface area contributed by atoms with Crippen LogP contribution in [0.4, 0.5) is 0 Å². The van der Waals surface area contributed by atoms with Gasteiger partial charge in [0, 0.05) is 37.3 Å². The van der Waals surface area contributed by atoms with Crippen molar-refractivity contribution in [2.24, 2.45) is 0 Å². The van der Waals surface area contributed by atoms with Crippen LogP contribution < -0.4 is 19.8 Å². The molecular weight excluding hydrogens is 332 g/mol. The summed E-state index contributed by atoms with van der Waals surface area (Å²) in [5.41, 5.74) is 1.68. The number of ether oxygens (including phenoxy) is 3. The molecule has 0 bridgehead atoms. The van der Waals surface area contributed by atoms with Gasteiger partial charge in [-0.2, -0.15) is 0 Å². The Balaban J connectivity index is 1.64. The van der Waals surface area contributed by atoms with E-state index in [0.29, 0.717) is 13.1 Å². The zero-order valence-electron chi connectivity index (χ0n) is 15.2. The van der Waals surface area contributed by atoms with Crippen LogP contribution in [0.1, 0.15) is 30.5 Å². The molecule has 1 aliphatic heterocycles. The highest BCUT2D eigenvalue weighted by atomic mass is 16.5. The first-order chi connectivity index (χ1) is 12.6. The number of aromatic nitrogens is 1. The molecule has 1 aromatic carbocycles. The van der Waals surface area contributed by atoms with Gasteiger partial charge in [0.25, 0.3) is 0 Å². The van der Waals surface area contributed by atoms with Gasteiger partial charge < -0.3 is 19.2 Å². The van der Waals surface area contributed by atoms with Crippen molar-refractivity contribution < 1.29 is 14.2 Å². The van der Waals surface area contributed by atoms with Gasteiger partial charge in [0.1, 0.15) is 22.8 Å². The van der Waals surface area contributed by atoms with E-state index in [-0.39, 0.29) is 11.2 Å². The molecule has 0 amide bonds. The van der Waals surface area contributed by atoms with Gasteiger partial charge in [0.15, 0.2) is 0 Å². The summed E-state index contributed by atoms with van der Waals surface area (Å²) in [6.45, 7) is 2.19. The largest absolute Gasteiger partial charge is 0.497 e. The Bertz CT molecular complexity index is 857. The highest BCUT2D eigenvalue weighted by molar-refractivity contribution is 5.41. The zero-order chi connectivity index (χ0) is 18.1. The average molecular weight is 356 g/mol. The van der Waals surface area contributed by atoms with Crippen LogP contribution in [-0.4, -0.2) is 36.2 Å². The van der Waals surface area contributed by atoms with Gasteiger partial charge in [-0.25, -0.2) is 0 Å². The van der Waals surface area contributed by atoms with Crippen molar-refractivity contribution in [3.8, 4) is 17.2 Å². The van der Waals surface area contributed by atoms with E-state index in [0.717, 1.165) is 47.9 Å². The van der Waals surface area contributed by atoms with Gasteiger partial charge >= 0.3 is 0 Å². The Hall–Kier alpha value is -2.47. The fourth-order valence-corrected chi connectivity index (χ4v) is 3.84. The van der Waals surface area contributed by atoms with E-state index in [1.165, 1.54) is 12.5 Å². The van der Waals surface area contributed by atoms with E-state index in [1.54, 1.807) is 20.3 Å². The Kier molecular flexibility index (Phi) is 4.36. The first-order valence-corrected chi connectivity index (χ1v) is 8.95. The van der Waals surface area contributed by atoms with E-state index >= 15 is 0 Å². The van der Waals surface area contributed by atoms with Crippen molar-refractivity contribution >= 4 is 0 Å². The van der Waals surface area contributed by atoms with Gasteiger partial charge in [-0.15, -0.1) is 0 Å². The minimum Gasteiger partial charge on any atom is -0.497 e. The Morgan fingerprint density at radius 2 is 2.04 bits per heavy atom. The molecule has 0 radical (unpaired) electrons. The first-order valence-electron chi connectivity index (χ1n) is 8.95. The molecule has 4 rings (SSSR count). The molecule has 1 aliphatic carbocycles. The van der Waals surface area contributed by atoms with Crippen LogP contribution in [0.2, 0.25) is 0 Å². The number of nitrogens with one attached hydrogen (secondary N) is 1. The van der Waals surface area contributed by atoms with Crippen molar-refractivity contribution in [3.05, 3.63) is 51.9 Å². The van der Waals surface area contributed by atoms with E-state index in [9.17, 15) is 4.79 Å². The maximum absolute atomic E-state index is 11.8. The lowest BCUT2D eigenvalue weighted by Crippen LogP contribution is -2.50. The standard InChI is InChI=1S/C20H24N2O4/c1-24-15-5-4-14(18(10-15)25-2)11-22-12-16-17(6-7-19(23)21-16)26-20(13-22)8-3-9-20/h4-7,10H,3,8-9,11-13H2,1-2H3,(H,21,23). The van der Waals surface area contributed by atoms with Crippen LogP contribution in [-0.2, 0) is 13.1 Å².